The molecule has 1 aliphatic carbocycles. The third kappa shape index (κ3) is 0.798. The molecule has 0 unspecified atom stereocenters. The molecule has 0 saturated heterocycles. The number of allylic oxidation sites excluding steroid dienone is 4. The van der Waals surface area contributed by atoms with Gasteiger partial charge in [0, 0.05) is 12.4 Å². The van der Waals surface area contributed by atoms with Gasteiger partial charge in [-0.05, 0) is 23.6 Å². The van der Waals surface area contributed by atoms with E-state index in [1.165, 1.54) is 11.1 Å². The predicted molar refractivity (Wildman–Crippen MR) is 42.5 cm³/mol. The van der Waals surface area contributed by atoms with Crippen LogP contribution < -0.4 is 0 Å². The molecule has 1 N–H and O–H groups in total. The van der Waals surface area contributed by atoms with Crippen molar-refractivity contribution in [1.29, 1.82) is 0 Å². The van der Waals surface area contributed by atoms with Crippen molar-refractivity contribution in [3.63, 3.8) is 0 Å². The summed E-state index contributed by atoms with van der Waals surface area (Å²) in [5.74, 6) is 0. The van der Waals surface area contributed by atoms with E-state index in [4.69, 9.17) is 0 Å². The van der Waals surface area contributed by atoms with Gasteiger partial charge in [0.2, 0.25) is 0 Å². The van der Waals surface area contributed by atoms with Crippen molar-refractivity contribution in [2.45, 2.75) is 6.42 Å². The third-order valence-electron chi connectivity index (χ3n) is 1.74. The van der Waals surface area contributed by atoms with Crippen molar-refractivity contribution in [1.82, 2.24) is 4.98 Å². The lowest BCUT2D eigenvalue weighted by Crippen LogP contribution is -1.73. The van der Waals surface area contributed by atoms with Crippen molar-refractivity contribution < 1.29 is 0 Å². The number of H-pyrrole nitrogens is 1. The lowest BCUT2D eigenvalue weighted by molar-refractivity contribution is 1.39. The second kappa shape index (κ2) is 2.18. The minimum atomic E-state index is 1.08. The Morgan fingerprint density at radius 3 is 3.00 bits per heavy atom. The summed E-state index contributed by atoms with van der Waals surface area (Å²) < 4.78 is 0. The van der Waals surface area contributed by atoms with Crippen LogP contribution in [0.15, 0.2) is 36.7 Å². The van der Waals surface area contributed by atoms with Gasteiger partial charge in [0.1, 0.15) is 0 Å². The maximum absolute atomic E-state index is 3.04. The van der Waals surface area contributed by atoms with E-state index in [1.54, 1.807) is 0 Å². The Hall–Kier alpha value is -1.24. The van der Waals surface area contributed by atoms with Crippen LogP contribution in [0.1, 0.15) is 12.0 Å². The van der Waals surface area contributed by atoms with Gasteiger partial charge in [0.05, 0.1) is 0 Å². The van der Waals surface area contributed by atoms with Crippen molar-refractivity contribution in [2.24, 2.45) is 0 Å². The van der Waals surface area contributed by atoms with Crippen molar-refractivity contribution in [2.75, 3.05) is 0 Å². The number of rotatable bonds is 1. The first-order valence-corrected chi connectivity index (χ1v) is 3.46. The van der Waals surface area contributed by atoms with Gasteiger partial charge in [0.25, 0.3) is 0 Å². The molecule has 0 spiro atoms. The summed E-state index contributed by atoms with van der Waals surface area (Å²) in [5.41, 5.74) is 2.71. The zero-order chi connectivity index (χ0) is 6.81. The van der Waals surface area contributed by atoms with Crippen LogP contribution in [0.4, 0.5) is 0 Å². The van der Waals surface area contributed by atoms with Crippen LogP contribution in [-0.4, -0.2) is 4.98 Å². The monoisotopic (exact) mass is 131 g/mol. The van der Waals surface area contributed by atoms with Crippen molar-refractivity contribution in [3.8, 4) is 0 Å². The van der Waals surface area contributed by atoms with Gasteiger partial charge in [-0.2, -0.15) is 0 Å². The van der Waals surface area contributed by atoms with Gasteiger partial charge in [0.15, 0.2) is 0 Å². The molecule has 10 heavy (non-hydrogen) atoms. The predicted octanol–water partition coefficient (Wildman–Crippen LogP) is 2.36. The molecule has 1 aliphatic rings. The van der Waals surface area contributed by atoms with Crippen molar-refractivity contribution in [3.05, 3.63) is 42.3 Å². The van der Waals surface area contributed by atoms with Crippen molar-refractivity contribution >= 4 is 5.57 Å². The normalized spacial score (nSPS) is 15.8. The van der Waals surface area contributed by atoms with Crippen LogP contribution in [0.5, 0.6) is 0 Å². The lowest BCUT2D eigenvalue weighted by atomic mass is 10.1. The summed E-state index contributed by atoms with van der Waals surface area (Å²) >= 11 is 0. The van der Waals surface area contributed by atoms with Crippen LogP contribution in [-0.2, 0) is 0 Å². The van der Waals surface area contributed by atoms with Gasteiger partial charge in [-0.25, -0.2) is 0 Å². The van der Waals surface area contributed by atoms with E-state index >= 15 is 0 Å². The molecule has 1 nitrogen and oxygen atoms in total. The summed E-state index contributed by atoms with van der Waals surface area (Å²) in [7, 11) is 0. The van der Waals surface area contributed by atoms with Gasteiger partial charge in [-0.3, -0.25) is 0 Å². The fraction of sp³-hybridized carbons (Fsp3) is 0.111. The molecule has 0 saturated carbocycles. The minimum Gasteiger partial charge on any atom is -0.367 e. The zero-order valence-corrected chi connectivity index (χ0v) is 5.67. The second-order valence-corrected chi connectivity index (χ2v) is 2.42. The summed E-state index contributed by atoms with van der Waals surface area (Å²) in [6, 6.07) is 2.10. The molecule has 1 heteroatoms. The van der Waals surface area contributed by atoms with Crippen LogP contribution >= 0.6 is 0 Å². The molecule has 0 bridgehead atoms. The van der Waals surface area contributed by atoms with E-state index in [1.807, 2.05) is 12.4 Å². The lowest BCUT2D eigenvalue weighted by Gasteiger charge is -1.93. The Balaban J connectivity index is 2.30. The van der Waals surface area contributed by atoms with E-state index < -0.39 is 0 Å². The molecule has 0 radical (unpaired) electrons. The Bertz CT molecular complexity index is 265. The molecule has 1 heterocycles. The highest BCUT2D eigenvalue weighted by atomic mass is 14.6. The molecular formula is C9H9N. The summed E-state index contributed by atoms with van der Waals surface area (Å²) in [6.45, 7) is 0. The molecule has 1 aromatic rings. The third-order valence-corrected chi connectivity index (χ3v) is 1.74. The standard InChI is InChI=1S/C9H9N/c1-2-4-8(3-1)9-5-6-10-7-9/h1-3,5-7,10H,4H2. The highest BCUT2D eigenvalue weighted by Crippen LogP contribution is 2.21. The largest absolute Gasteiger partial charge is 0.367 e. The van der Waals surface area contributed by atoms with E-state index in [0.717, 1.165) is 6.42 Å². The molecule has 0 aliphatic heterocycles. The fourth-order valence-electron chi connectivity index (χ4n) is 1.18. The number of aromatic amines is 1. The first-order valence-electron chi connectivity index (χ1n) is 3.46. The number of aromatic nitrogens is 1. The first-order chi connectivity index (χ1) is 4.97. The van der Waals surface area contributed by atoms with Crippen LogP contribution in [0, 0.1) is 0 Å². The number of hydrogen-bond donors (Lipinski definition) is 1. The second-order valence-electron chi connectivity index (χ2n) is 2.42. The molecule has 1 aromatic heterocycles. The van der Waals surface area contributed by atoms with E-state index in [2.05, 4.69) is 29.3 Å². The molecule has 2 rings (SSSR count). The number of nitrogens with one attached hydrogen (secondary N) is 1. The maximum atomic E-state index is 3.04. The minimum absolute atomic E-state index is 1.08. The van der Waals surface area contributed by atoms with Crippen LogP contribution in [0.2, 0.25) is 0 Å². The molecular weight excluding hydrogens is 122 g/mol. The van der Waals surface area contributed by atoms with Gasteiger partial charge in [-0.15, -0.1) is 0 Å². The summed E-state index contributed by atoms with van der Waals surface area (Å²) in [5, 5.41) is 0. The highest BCUT2D eigenvalue weighted by molar-refractivity contribution is 5.70. The molecule has 50 valence electrons. The Morgan fingerprint density at radius 1 is 1.40 bits per heavy atom. The highest BCUT2D eigenvalue weighted by Gasteiger charge is 2.01. The SMILES string of the molecule is C1=CCC(c2cc[nH]c2)=C1. The number of hydrogen-bond acceptors (Lipinski definition) is 0. The van der Waals surface area contributed by atoms with Gasteiger partial charge >= 0.3 is 0 Å². The Labute approximate surface area is 60.1 Å². The van der Waals surface area contributed by atoms with Gasteiger partial charge in [-0.1, -0.05) is 18.2 Å². The van der Waals surface area contributed by atoms with E-state index in [-0.39, 0.29) is 0 Å². The first kappa shape index (κ1) is 5.54. The topological polar surface area (TPSA) is 15.8 Å². The molecule has 0 amide bonds. The van der Waals surface area contributed by atoms with Crippen LogP contribution in [0.25, 0.3) is 5.57 Å². The van der Waals surface area contributed by atoms with Gasteiger partial charge < -0.3 is 4.98 Å². The molecule has 0 atom stereocenters. The quantitative estimate of drug-likeness (QED) is 0.602. The molecule has 0 fully saturated rings. The smallest absolute Gasteiger partial charge is 0.00810 e. The average molecular weight is 131 g/mol. The van der Waals surface area contributed by atoms with Crippen LogP contribution in [0.3, 0.4) is 0 Å². The maximum Gasteiger partial charge on any atom is 0.00810 e. The van der Waals surface area contributed by atoms with E-state index in [0.29, 0.717) is 0 Å². The Kier molecular flexibility index (Phi) is 1.21. The fourth-order valence-corrected chi connectivity index (χ4v) is 1.18. The Morgan fingerprint density at radius 2 is 2.40 bits per heavy atom. The summed E-state index contributed by atoms with van der Waals surface area (Å²) in [4.78, 5) is 3.04. The zero-order valence-electron chi connectivity index (χ0n) is 5.67. The molecule has 0 aromatic carbocycles. The summed E-state index contributed by atoms with van der Waals surface area (Å²) in [6.07, 6.45) is 11.5. The van der Waals surface area contributed by atoms with E-state index in [9.17, 15) is 0 Å². The average Bonchev–Trinajstić information content (AvgIpc) is 2.59.